The summed E-state index contributed by atoms with van der Waals surface area (Å²) in [5.74, 6) is -1.02. The van der Waals surface area contributed by atoms with E-state index in [1.165, 1.54) is 9.80 Å². The molecule has 0 radical (unpaired) electrons. The van der Waals surface area contributed by atoms with Gasteiger partial charge in [0.1, 0.15) is 0 Å². The van der Waals surface area contributed by atoms with E-state index in [2.05, 4.69) is 10.6 Å². The van der Waals surface area contributed by atoms with Gasteiger partial charge in [-0.05, 0) is 38.8 Å². The number of carbonyl (C=O) groups is 4. The van der Waals surface area contributed by atoms with E-state index in [1.54, 1.807) is 66.1 Å². The fourth-order valence-corrected chi connectivity index (χ4v) is 4.00. The fraction of sp³-hybridized carbons (Fsp3) is 0.417. The van der Waals surface area contributed by atoms with Crippen LogP contribution in [0.1, 0.15) is 50.9 Å². The molecule has 0 saturated carbocycles. The Labute approximate surface area is 198 Å². The van der Waals surface area contributed by atoms with Gasteiger partial charge < -0.3 is 29.9 Å². The second-order valence-corrected chi connectivity index (χ2v) is 7.99. The first-order valence-electron chi connectivity index (χ1n) is 11.1. The molecule has 0 bridgehead atoms. The zero-order valence-corrected chi connectivity index (χ0v) is 20.2. The molecule has 10 heteroatoms. The number of ether oxygens (including phenoxy) is 2. The van der Waals surface area contributed by atoms with E-state index < -0.39 is 24.0 Å². The van der Waals surface area contributed by atoms with Crippen molar-refractivity contribution >= 4 is 24.0 Å². The molecule has 2 aliphatic heterocycles. The summed E-state index contributed by atoms with van der Waals surface area (Å²) in [5.41, 5.74) is 3.00. The van der Waals surface area contributed by atoms with Crippen LogP contribution < -0.4 is 10.6 Å². The number of rotatable bonds is 6. The Morgan fingerprint density at radius 2 is 1.09 bits per heavy atom. The number of urea groups is 2. The highest BCUT2D eigenvalue weighted by Gasteiger charge is 2.37. The smallest absolute Gasteiger partial charge is 0.338 e. The highest BCUT2D eigenvalue weighted by atomic mass is 16.5. The Hall–Kier alpha value is -3.82. The number of hydrogen-bond donors (Lipinski definition) is 2. The largest absolute Gasteiger partial charge is 0.463 e. The minimum Gasteiger partial charge on any atom is -0.463 e. The molecule has 2 aliphatic rings. The maximum absolute atomic E-state index is 12.7. The summed E-state index contributed by atoms with van der Waals surface area (Å²) in [5, 5.41) is 5.67. The lowest BCUT2D eigenvalue weighted by Crippen LogP contribution is -2.46. The number of nitrogens with one attached hydrogen (secondary N) is 2. The number of allylic oxidation sites excluding steroid dienone is 2. The molecule has 0 aromatic heterocycles. The zero-order valence-electron chi connectivity index (χ0n) is 20.2. The molecular weight excluding hydrogens is 440 g/mol. The lowest BCUT2D eigenvalue weighted by Gasteiger charge is -2.34. The molecule has 0 fully saturated rings. The van der Waals surface area contributed by atoms with Crippen LogP contribution in [0.3, 0.4) is 0 Å². The summed E-state index contributed by atoms with van der Waals surface area (Å²) >= 11 is 0. The topological polar surface area (TPSA) is 117 Å². The number of esters is 2. The predicted octanol–water partition coefficient (Wildman–Crippen LogP) is 2.75. The predicted molar refractivity (Wildman–Crippen MR) is 123 cm³/mol. The fourth-order valence-electron chi connectivity index (χ4n) is 4.00. The number of hydrogen-bond acceptors (Lipinski definition) is 6. The Morgan fingerprint density at radius 1 is 0.765 bits per heavy atom. The Kier molecular flexibility index (Phi) is 7.29. The summed E-state index contributed by atoms with van der Waals surface area (Å²) < 4.78 is 10.4. The summed E-state index contributed by atoms with van der Waals surface area (Å²) in [6.45, 7) is 7.23. The van der Waals surface area contributed by atoms with Gasteiger partial charge in [-0.2, -0.15) is 0 Å². The molecule has 182 valence electrons. The molecular formula is C24H30N4O6. The van der Waals surface area contributed by atoms with Crippen LogP contribution in [-0.2, 0) is 19.1 Å². The van der Waals surface area contributed by atoms with Gasteiger partial charge in [-0.25, -0.2) is 19.2 Å². The van der Waals surface area contributed by atoms with Crippen LogP contribution in [0.2, 0.25) is 0 Å². The lowest BCUT2D eigenvalue weighted by molar-refractivity contribution is -0.140. The zero-order chi connectivity index (χ0) is 25.2. The standard InChI is InChI=1S/C24H30N4O6/c1-7-33-21(29)17-13(3)27(5)23(31)25-19(17)15-9-11-16(12-10-15)20-18(22(30)34-8-2)14(4)28(6)24(32)26-20/h9-12,19-20H,7-8H2,1-6H3,(H,25,31)(H,26,32). The van der Waals surface area contributed by atoms with Gasteiger partial charge in [0, 0.05) is 25.5 Å². The third kappa shape index (κ3) is 4.48. The highest BCUT2D eigenvalue weighted by molar-refractivity contribution is 5.96. The van der Waals surface area contributed by atoms with E-state index in [0.717, 1.165) is 0 Å². The van der Waals surface area contributed by atoms with Gasteiger partial charge in [-0.3, -0.25) is 0 Å². The molecule has 34 heavy (non-hydrogen) atoms. The van der Waals surface area contributed by atoms with Crippen molar-refractivity contribution in [1.29, 1.82) is 0 Å². The van der Waals surface area contributed by atoms with Crippen molar-refractivity contribution in [2.45, 2.75) is 39.8 Å². The molecule has 1 aromatic rings. The average molecular weight is 471 g/mol. The minimum atomic E-state index is -0.703. The maximum Gasteiger partial charge on any atom is 0.338 e. The van der Waals surface area contributed by atoms with E-state index in [1.807, 2.05) is 0 Å². The third-order valence-electron chi connectivity index (χ3n) is 6.10. The lowest BCUT2D eigenvalue weighted by atomic mass is 9.91. The van der Waals surface area contributed by atoms with Crippen LogP contribution in [0.4, 0.5) is 9.59 Å². The molecule has 2 heterocycles. The average Bonchev–Trinajstić information content (AvgIpc) is 2.80. The number of amides is 4. The van der Waals surface area contributed by atoms with E-state index in [4.69, 9.17) is 9.47 Å². The quantitative estimate of drug-likeness (QED) is 0.618. The second-order valence-electron chi connectivity index (χ2n) is 7.99. The summed E-state index contributed by atoms with van der Waals surface area (Å²) in [6.07, 6.45) is 0. The Balaban J connectivity index is 2.00. The first kappa shape index (κ1) is 24.8. The molecule has 2 unspecified atom stereocenters. The van der Waals surface area contributed by atoms with Gasteiger partial charge in [-0.1, -0.05) is 24.3 Å². The molecule has 2 atom stereocenters. The van der Waals surface area contributed by atoms with Gasteiger partial charge in [0.15, 0.2) is 0 Å². The van der Waals surface area contributed by atoms with E-state index in [-0.39, 0.29) is 25.3 Å². The first-order valence-corrected chi connectivity index (χ1v) is 11.1. The van der Waals surface area contributed by atoms with Gasteiger partial charge in [0.05, 0.1) is 36.4 Å². The van der Waals surface area contributed by atoms with Crippen molar-refractivity contribution in [3.63, 3.8) is 0 Å². The SMILES string of the molecule is CCOC(=O)C1=C(C)N(C)C(=O)NC1c1ccc(C2NC(=O)N(C)C(C)=C2C(=O)OCC)cc1. The molecule has 0 saturated heterocycles. The molecule has 3 rings (SSSR count). The van der Waals surface area contributed by atoms with E-state index >= 15 is 0 Å². The van der Waals surface area contributed by atoms with Crippen LogP contribution >= 0.6 is 0 Å². The molecule has 1 aromatic carbocycles. The van der Waals surface area contributed by atoms with Crippen molar-refractivity contribution in [3.8, 4) is 0 Å². The first-order chi connectivity index (χ1) is 16.1. The van der Waals surface area contributed by atoms with Crippen LogP contribution in [0.15, 0.2) is 46.8 Å². The van der Waals surface area contributed by atoms with Gasteiger partial charge >= 0.3 is 24.0 Å². The van der Waals surface area contributed by atoms with Crippen molar-refractivity contribution in [2.24, 2.45) is 0 Å². The van der Waals surface area contributed by atoms with Crippen molar-refractivity contribution in [1.82, 2.24) is 20.4 Å². The Morgan fingerprint density at radius 3 is 1.38 bits per heavy atom. The number of carbonyl (C=O) groups excluding carboxylic acids is 4. The van der Waals surface area contributed by atoms with Gasteiger partial charge in [0.2, 0.25) is 0 Å². The van der Waals surface area contributed by atoms with Crippen LogP contribution in [-0.4, -0.2) is 61.1 Å². The van der Waals surface area contributed by atoms with Crippen molar-refractivity contribution in [3.05, 3.63) is 57.9 Å². The third-order valence-corrected chi connectivity index (χ3v) is 6.10. The van der Waals surface area contributed by atoms with E-state index in [9.17, 15) is 19.2 Å². The minimum absolute atomic E-state index is 0.205. The van der Waals surface area contributed by atoms with E-state index in [0.29, 0.717) is 33.7 Å². The van der Waals surface area contributed by atoms with Crippen molar-refractivity contribution in [2.75, 3.05) is 27.3 Å². The normalized spacial score (nSPS) is 20.8. The highest BCUT2D eigenvalue weighted by Crippen LogP contribution is 2.34. The maximum atomic E-state index is 12.7. The second kappa shape index (κ2) is 9.98. The van der Waals surface area contributed by atoms with Crippen LogP contribution in [0, 0.1) is 0 Å². The van der Waals surface area contributed by atoms with Crippen LogP contribution in [0.25, 0.3) is 0 Å². The van der Waals surface area contributed by atoms with Crippen molar-refractivity contribution < 1.29 is 28.7 Å². The van der Waals surface area contributed by atoms with Crippen LogP contribution in [0.5, 0.6) is 0 Å². The van der Waals surface area contributed by atoms with Gasteiger partial charge in [-0.15, -0.1) is 0 Å². The van der Waals surface area contributed by atoms with Gasteiger partial charge in [0.25, 0.3) is 0 Å². The molecule has 0 spiro atoms. The molecule has 10 nitrogen and oxygen atoms in total. The summed E-state index contributed by atoms with van der Waals surface area (Å²) in [4.78, 5) is 52.9. The summed E-state index contributed by atoms with van der Waals surface area (Å²) in [6, 6.07) is 4.91. The number of nitrogens with zero attached hydrogens (tertiary/aromatic N) is 2. The number of benzene rings is 1. The molecule has 4 amide bonds. The summed E-state index contributed by atoms with van der Waals surface area (Å²) in [7, 11) is 3.16. The molecule has 2 N–H and O–H groups in total. The monoisotopic (exact) mass is 470 g/mol. The molecule has 0 aliphatic carbocycles. The Bertz CT molecular complexity index is 990.